The number of likely N-dealkylation sites (tertiary alicyclic amines) is 1. The molecule has 2 amide bonds. The number of rotatable bonds is 5. The number of hydrogen-bond acceptors (Lipinski definition) is 5. The lowest BCUT2D eigenvalue weighted by molar-refractivity contribution is -0.274. The van der Waals surface area contributed by atoms with Gasteiger partial charge >= 0.3 is 6.36 Å². The Kier molecular flexibility index (Phi) is 7.27. The minimum absolute atomic E-state index is 0.0457. The molecule has 2 aliphatic heterocycles. The van der Waals surface area contributed by atoms with Crippen LogP contribution < -0.4 is 10.1 Å². The summed E-state index contributed by atoms with van der Waals surface area (Å²) in [5, 5.41) is 2.67. The number of halogens is 4. The van der Waals surface area contributed by atoms with Crippen molar-refractivity contribution in [2.24, 2.45) is 0 Å². The molecule has 35 heavy (non-hydrogen) atoms. The molecule has 2 heterocycles. The first-order valence-corrected chi connectivity index (χ1v) is 11.2. The van der Waals surface area contributed by atoms with E-state index in [1.165, 1.54) is 30.3 Å². The van der Waals surface area contributed by atoms with Crippen LogP contribution in [0.15, 0.2) is 48.5 Å². The van der Waals surface area contributed by atoms with E-state index in [-0.39, 0.29) is 29.7 Å². The summed E-state index contributed by atoms with van der Waals surface area (Å²) in [6.07, 6.45) is -3.66. The average Bonchev–Trinajstić information content (AvgIpc) is 2.80. The van der Waals surface area contributed by atoms with Gasteiger partial charge in [-0.1, -0.05) is 12.1 Å². The van der Waals surface area contributed by atoms with Gasteiger partial charge in [0.2, 0.25) is 5.91 Å². The van der Waals surface area contributed by atoms with Gasteiger partial charge in [0.15, 0.2) is 0 Å². The summed E-state index contributed by atoms with van der Waals surface area (Å²) < 4.78 is 60.7. The molecule has 0 unspecified atom stereocenters. The number of anilines is 1. The molecule has 7 nitrogen and oxygen atoms in total. The molecule has 0 saturated carbocycles. The van der Waals surface area contributed by atoms with Crippen molar-refractivity contribution in [3.05, 3.63) is 59.9 Å². The summed E-state index contributed by atoms with van der Waals surface area (Å²) in [4.78, 5) is 28.8. The zero-order valence-corrected chi connectivity index (χ0v) is 18.8. The van der Waals surface area contributed by atoms with Crippen molar-refractivity contribution in [3.63, 3.8) is 0 Å². The van der Waals surface area contributed by atoms with Crippen LogP contribution in [-0.2, 0) is 9.53 Å². The normalized spacial score (nSPS) is 18.3. The van der Waals surface area contributed by atoms with E-state index in [0.717, 1.165) is 12.1 Å². The van der Waals surface area contributed by atoms with Crippen LogP contribution in [0, 0.1) is 5.82 Å². The van der Waals surface area contributed by atoms with Gasteiger partial charge in [-0.25, -0.2) is 4.39 Å². The molecule has 0 atom stereocenters. The molecule has 4 rings (SSSR count). The highest BCUT2D eigenvalue weighted by atomic mass is 19.4. The second-order valence-electron chi connectivity index (χ2n) is 8.63. The first-order chi connectivity index (χ1) is 16.6. The van der Waals surface area contributed by atoms with Crippen molar-refractivity contribution in [1.82, 2.24) is 9.80 Å². The Morgan fingerprint density at radius 1 is 1.03 bits per heavy atom. The van der Waals surface area contributed by atoms with Gasteiger partial charge in [0, 0.05) is 31.9 Å². The molecule has 0 radical (unpaired) electrons. The van der Waals surface area contributed by atoms with Gasteiger partial charge in [-0.15, -0.1) is 13.2 Å². The highest BCUT2D eigenvalue weighted by molar-refractivity contribution is 5.94. The molecule has 2 aliphatic rings. The SMILES string of the molecule is O=C(CN1CCOC2(CCN(C(=O)c3ccccc3F)CC2)C1)Nc1ccc(OC(F)(F)F)cc1. The Balaban J connectivity index is 1.28. The van der Waals surface area contributed by atoms with Crippen molar-refractivity contribution >= 4 is 17.5 Å². The lowest BCUT2D eigenvalue weighted by Gasteiger charge is -2.47. The number of amides is 2. The van der Waals surface area contributed by atoms with Crippen molar-refractivity contribution < 1.29 is 36.6 Å². The fourth-order valence-electron chi connectivity index (χ4n) is 4.43. The van der Waals surface area contributed by atoms with Gasteiger partial charge in [-0.2, -0.15) is 0 Å². The molecule has 2 fully saturated rings. The van der Waals surface area contributed by atoms with Crippen LogP contribution in [0.5, 0.6) is 5.75 Å². The third kappa shape index (κ3) is 6.49. The highest BCUT2D eigenvalue weighted by Crippen LogP contribution is 2.31. The average molecular weight is 495 g/mol. The van der Waals surface area contributed by atoms with E-state index in [1.807, 2.05) is 4.90 Å². The van der Waals surface area contributed by atoms with Crippen LogP contribution in [0.2, 0.25) is 0 Å². The quantitative estimate of drug-likeness (QED) is 0.641. The molecule has 188 valence electrons. The van der Waals surface area contributed by atoms with Gasteiger partial charge < -0.3 is 19.7 Å². The molecule has 1 spiro atoms. The second-order valence-corrected chi connectivity index (χ2v) is 8.63. The van der Waals surface area contributed by atoms with Crippen LogP contribution in [0.1, 0.15) is 23.2 Å². The van der Waals surface area contributed by atoms with Gasteiger partial charge in [0.25, 0.3) is 5.91 Å². The number of piperidine rings is 1. The zero-order valence-electron chi connectivity index (χ0n) is 18.8. The van der Waals surface area contributed by atoms with E-state index in [0.29, 0.717) is 51.3 Å². The molecule has 2 saturated heterocycles. The molecule has 1 N–H and O–H groups in total. The Labute approximate surface area is 199 Å². The highest BCUT2D eigenvalue weighted by Gasteiger charge is 2.41. The maximum absolute atomic E-state index is 14.0. The fraction of sp³-hybridized carbons (Fsp3) is 0.417. The van der Waals surface area contributed by atoms with Gasteiger partial charge in [0.1, 0.15) is 11.6 Å². The molecule has 0 aliphatic carbocycles. The molecular formula is C24H25F4N3O4. The summed E-state index contributed by atoms with van der Waals surface area (Å²) in [5.41, 5.74) is -0.0991. The predicted molar refractivity (Wildman–Crippen MR) is 118 cm³/mol. The third-order valence-corrected chi connectivity index (χ3v) is 6.13. The zero-order chi connectivity index (χ0) is 25.1. The van der Waals surface area contributed by atoms with Crippen molar-refractivity contribution in [2.45, 2.75) is 24.8 Å². The van der Waals surface area contributed by atoms with E-state index in [1.54, 1.807) is 11.0 Å². The van der Waals surface area contributed by atoms with Crippen LogP contribution in [-0.4, -0.2) is 72.9 Å². The van der Waals surface area contributed by atoms with E-state index in [9.17, 15) is 27.2 Å². The van der Waals surface area contributed by atoms with Crippen LogP contribution in [0.25, 0.3) is 0 Å². The Morgan fingerprint density at radius 2 is 1.71 bits per heavy atom. The van der Waals surface area contributed by atoms with Crippen LogP contribution in [0.3, 0.4) is 0 Å². The van der Waals surface area contributed by atoms with Gasteiger partial charge in [0.05, 0.1) is 24.3 Å². The van der Waals surface area contributed by atoms with Crippen LogP contribution >= 0.6 is 0 Å². The summed E-state index contributed by atoms with van der Waals surface area (Å²) in [7, 11) is 0. The molecule has 11 heteroatoms. The smallest absolute Gasteiger partial charge is 0.406 e. The number of benzene rings is 2. The minimum atomic E-state index is -4.78. The monoisotopic (exact) mass is 495 g/mol. The molecular weight excluding hydrogens is 470 g/mol. The molecule has 0 bridgehead atoms. The first-order valence-electron chi connectivity index (χ1n) is 11.2. The van der Waals surface area contributed by atoms with E-state index in [2.05, 4.69) is 10.1 Å². The Morgan fingerprint density at radius 3 is 2.37 bits per heavy atom. The van der Waals surface area contributed by atoms with Crippen molar-refractivity contribution in [3.8, 4) is 5.75 Å². The standard InChI is InChI=1S/C24H25F4N3O4/c25-20-4-2-1-3-19(20)22(33)31-11-9-23(10-12-31)16-30(13-14-34-23)15-21(32)29-17-5-7-18(8-6-17)35-24(26,27)28/h1-8H,9-16H2,(H,29,32). The minimum Gasteiger partial charge on any atom is -0.406 e. The second kappa shape index (κ2) is 10.2. The van der Waals surface area contributed by atoms with Crippen molar-refractivity contribution in [2.75, 3.05) is 44.6 Å². The first kappa shape index (κ1) is 24.9. The van der Waals surface area contributed by atoms with Gasteiger partial charge in [-0.05, 0) is 49.2 Å². The number of carbonyl (C=O) groups is 2. The van der Waals surface area contributed by atoms with Crippen LogP contribution in [0.4, 0.5) is 23.2 Å². The number of carbonyl (C=O) groups excluding carboxylic acids is 2. The number of nitrogens with zero attached hydrogens (tertiary/aromatic N) is 2. The number of ether oxygens (including phenoxy) is 2. The van der Waals surface area contributed by atoms with E-state index < -0.39 is 17.8 Å². The topological polar surface area (TPSA) is 71.1 Å². The Bertz CT molecular complexity index is 1050. The summed E-state index contributed by atoms with van der Waals surface area (Å²) in [5.74, 6) is -1.58. The Hall–Kier alpha value is -3.18. The maximum atomic E-state index is 14.0. The fourth-order valence-corrected chi connectivity index (χ4v) is 4.43. The summed E-state index contributed by atoms with van der Waals surface area (Å²) in [6, 6.07) is 10.8. The molecule has 0 aromatic heterocycles. The number of alkyl halides is 3. The van der Waals surface area contributed by atoms with Gasteiger partial charge in [-0.3, -0.25) is 14.5 Å². The van der Waals surface area contributed by atoms with E-state index >= 15 is 0 Å². The van der Waals surface area contributed by atoms with E-state index in [4.69, 9.17) is 4.74 Å². The summed E-state index contributed by atoms with van der Waals surface area (Å²) in [6.45, 7) is 2.40. The molecule has 2 aromatic rings. The maximum Gasteiger partial charge on any atom is 0.573 e. The number of nitrogens with one attached hydrogen (secondary N) is 1. The largest absolute Gasteiger partial charge is 0.573 e. The lowest BCUT2D eigenvalue weighted by Crippen LogP contribution is -2.58. The predicted octanol–water partition coefficient (Wildman–Crippen LogP) is 3.67. The number of morpholine rings is 1. The summed E-state index contributed by atoms with van der Waals surface area (Å²) >= 11 is 0. The molecule has 2 aromatic carbocycles. The third-order valence-electron chi connectivity index (χ3n) is 6.13. The lowest BCUT2D eigenvalue weighted by atomic mass is 9.89. The number of hydrogen-bond donors (Lipinski definition) is 1. The van der Waals surface area contributed by atoms with Crippen molar-refractivity contribution in [1.29, 1.82) is 0 Å².